The van der Waals surface area contributed by atoms with Crippen molar-refractivity contribution >= 4 is 5.69 Å². The molecule has 7 heteroatoms. The highest BCUT2D eigenvalue weighted by molar-refractivity contribution is 5.62. The van der Waals surface area contributed by atoms with Crippen LogP contribution in [0.4, 0.5) is 14.5 Å². The number of halogens is 2. The van der Waals surface area contributed by atoms with E-state index in [1.54, 1.807) is 18.5 Å². The van der Waals surface area contributed by atoms with Crippen molar-refractivity contribution in [1.29, 1.82) is 0 Å². The molecule has 5 nitrogen and oxygen atoms in total. The third-order valence-electron chi connectivity index (χ3n) is 3.63. The van der Waals surface area contributed by atoms with Crippen molar-refractivity contribution in [3.05, 3.63) is 60.4 Å². The normalized spacial score (nSPS) is 10.9. The molecule has 0 atom stereocenters. The first-order valence-electron chi connectivity index (χ1n) is 7.80. The van der Waals surface area contributed by atoms with E-state index in [0.29, 0.717) is 12.3 Å². The van der Waals surface area contributed by atoms with Gasteiger partial charge in [-0.25, -0.2) is 8.78 Å². The van der Waals surface area contributed by atoms with E-state index < -0.39 is 13.0 Å². The second-order valence-corrected chi connectivity index (χ2v) is 5.55. The predicted octanol–water partition coefficient (Wildman–Crippen LogP) is 3.74. The van der Waals surface area contributed by atoms with Gasteiger partial charge >= 0.3 is 0 Å². The highest BCUT2D eigenvalue weighted by Crippen LogP contribution is 2.21. The number of hydrogen-bond donors (Lipinski definition) is 1. The lowest BCUT2D eigenvalue weighted by Gasteiger charge is -2.10. The first-order valence-corrected chi connectivity index (χ1v) is 7.80. The summed E-state index contributed by atoms with van der Waals surface area (Å²) < 4.78 is 31.1. The van der Waals surface area contributed by atoms with Gasteiger partial charge in [0, 0.05) is 24.8 Å². The fourth-order valence-electron chi connectivity index (χ4n) is 2.38. The van der Waals surface area contributed by atoms with Gasteiger partial charge in [-0.3, -0.25) is 0 Å². The summed E-state index contributed by atoms with van der Waals surface area (Å²) in [5.41, 5.74) is 2.95. The number of rotatable bonds is 7. The number of hydrogen-bond acceptors (Lipinski definition) is 4. The molecule has 0 amide bonds. The summed E-state index contributed by atoms with van der Waals surface area (Å²) in [6.45, 7) is 0.0177. The van der Waals surface area contributed by atoms with Gasteiger partial charge in [0.25, 0.3) is 6.43 Å². The maximum atomic E-state index is 12.1. The Morgan fingerprint density at radius 2 is 1.96 bits per heavy atom. The van der Waals surface area contributed by atoms with E-state index in [9.17, 15) is 8.78 Å². The van der Waals surface area contributed by atoms with E-state index in [4.69, 9.17) is 4.74 Å². The van der Waals surface area contributed by atoms with Crippen LogP contribution in [0.15, 0.2) is 54.9 Å². The Balaban J connectivity index is 1.61. The summed E-state index contributed by atoms with van der Waals surface area (Å²) in [7, 11) is 1.90. The van der Waals surface area contributed by atoms with Crippen LogP contribution in [0.25, 0.3) is 11.4 Å². The monoisotopic (exact) mass is 344 g/mol. The van der Waals surface area contributed by atoms with Crippen molar-refractivity contribution in [1.82, 2.24) is 14.8 Å². The van der Waals surface area contributed by atoms with Gasteiger partial charge in [0.1, 0.15) is 18.7 Å². The summed E-state index contributed by atoms with van der Waals surface area (Å²) in [5, 5.41) is 11.3. The van der Waals surface area contributed by atoms with Gasteiger partial charge in [-0.1, -0.05) is 24.3 Å². The highest BCUT2D eigenvalue weighted by Gasteiger charge is 2.06. The zero-order chi connectivity index (χ0) is 17.6. The van der Waals surface area contributed by atoms with Crippen LogP contribution in [0.2, 0.25) is 0 Å². The van der Waals surface area contributed by atoms with Crippen LogP contribution in [-0.2, 0) is 13.6 Å². The molecule has 1 aromatic heterocycles. The highest BCUT2D eigenvalue weighted by atomic mass is 19.3. The molecule has 0 unspecified atom stereocenters. The molecule has 0 radical (unpaired) electrons. The van der Waals surface area contributed by atoms with Crippen LogP contribution in [-0.4, -0.2) is 27.8 Å². The predicted molar refractivity (Wildman–Crippen MR) is 91.7 cm³/mol. The Labute approximate surface area is 144 Å². The van der Waals surface area contributed by atoms with Crippen molar-refractivity contribution in [2.24, 2.45) is 7.05 Å². The minimum absolute atomic E-state index is 0.438. The lowest BCUT2D eigenvalue weighted by atomic mass is 10.1. The first kappa shape index (κ1) is 16.9. The minimum atomic E-state index is -2.47. The first-order chi connectivity index (χ1) is 12.1. The van der Waals surface area contributed by atoms with E-state index in [-0.39, 0.29) is 0 Å². The lowest BCUT2D eigenvalue weighted by molar-refractivity contribution is 0.0819. The number of aromatic nitrogens is 3. The number of anilines is 1. The second kappa shape index (κ2) is 7.74. The van der Waals surface area contributed by atoms with Gasteiger partial charge in [-0.2, -0.15) is 0 Å². The largest absolute Gasteiger partial charge is 0.488 e. The van der Waals surface area contributed by atoms with E-state index in [1.807, 2.05) is 48.0 Å². The third kappa shape index (κ3) is 4.53. The van der Waals surface area contributed by atoms with Crippen LogP contribution in [0.1, 0.15) is 5.56 Å². The SMILES string of the molecule is Cn1cnnc1-c1cccc(NCc2ccc(OCC(F)F)cc2)c1. The Bertz CT molecular complexity index is 818. The van der Waals surface area contributed by atoms with Crippen molar-refractivity contribution in [2.75, 3.05) is 11.9 Å². The molecule has 0 fully saturated rings. The molecule has 3 aromatic rings. The number of nitrogens with zero attached hydrogens (tertiary/aromatic N) is 3. The third-order valence-corrected chi connectivity index (χ3v) is 3.63. The Morgan fingerprint density at radius 1 is 1.16 bits per heavy atom. The molecule has 0 saturated heterocycles. The van der Waals surface area contributed by atoms with Crippen LogP contribution < -0.4 is 10.1 Å². The molecule has 2 aromatic carbocycles. The zero-order valence-electron chi connectivity index (χ0n) is 13.7. The quantitative estimate of drug-likeness (QED) is 0.709. The number of benzene rings is 2. The number of ether oxygens (including phenoxy) is 1. The number of aryl methyl sites for hydroxylation is 1. The second-order valence-electron chi connectivity index (χ2n) is 5.55. The fourth-order valence-corrected chi connectivity index (χ4v) is 2.38. The molecule has 0 aliphatic rings. The van der Waals surface area contributed by atoms with E-state index in [0.717, 1.165) is 22.6 Å². The molecular formula is C18H18F2N4O. The summed E-state index contributed by atoms with van der Waals surface area (Å²) in [6.07, 6.45) is -0.810. The average molecular weight is 344 g/mol. The number of nitrogens with one attached hydrogen (secondary N) is 1. The van der Waals surface area contributed by atoms with Gasteiger partial charge in [-0.05, 0) is 29.8 Å². The maximum absolute atomic E-state index is 12.1. The Kier molecular flexibility index (Phi) is 5.23. The molecule has 0 aliphatic carbocycles. The maximum Gasteiger partial charge on any atom is 0.272 e. The molecule has 3 rings (SSSR count). The van der Waals surface area contributed by atoms with Crippen molar-refractivity contribution in [2.45, 2.75) is 13.0 Å². The Hall–Kier alpha value is -2.96. The molecule has 0 saturated carbocycles. The zero-order valence-corrected chi connectivity index (χ0v) is 13.7. The molecule has 0 spiro atoms. The van der Waals surface area contributed by atoms with Gasteiger partial charge in [-0.15, -0.1) is 10.2 Å². The number of alkyl halides is 2. The van der Waals surface area contributed by atoms with Gasteiger partial charge < -0.3 is 14.6 Å². The van der Waals surface area contributed by atoms with Crippen LogP contribution in [0.3, 0.4) is 0 Å². The molecule has 25 heavy (non-hydrogen) atoms. The van der Waals surface area contributed by atoms with Crippen molar-refractivity contribution in [3.8, 4) is 17.1 Å². The summed E-state index contributed by atoms with van der Waals surface area (Å²) in [4.78, 5) is 0. The van der Waals surface area contributed by atoms with Crippen molar-refractivity contribution < 1.29 is 13.5 Å². The molecule has 0 bridgehead atoms. The van der Waals surface area contributed by atoms with E-state index in [2.05, 4.69) is 15.5 Å². The molecule has 0 aliphatic heterocycles. The molecule has 1 N–H and O–H groups in total. The van der Waals surface area contributed by atoms with Crippen molar-refractivity contribution in [3.63, 3.8) is 0 Å². The topological polar surface area (TPSA) is 52.0 Å². The lowest BCUT2D eigenvalue weighted by Crippen LogP contribution is -2.07. The van der Waals surface area contributed by atoms with Gasteiger partial charge in [0.2, 0.25) is 0 Å². The van der Waals surface area contributed by atoms with Gasteiger partial charge in [0.15, 0.2) is 5.82 Å². The minimum Gasteiger partial charge on any atom is -0.488 e. The standard InChI is InChI=1S/C18H18F2N4O/c1-24-12-22-23-18(24)14-3-2-4-15(9-14)21-10-13-5-7-16(8-6-13)25-11-17(19)20/h2-9,12,17,21H,10-11H2,1H3. The van der Waals surface area contributed by atoms with Gasteiger partial charge in [0.05, 0.1) is 0 Å². The van der Waals surface area contributed by atoms with Crippen LogP contribution >= 0.6 is 0 Å². The Morgan fingerprint density at radius 3 is 2.64 bits per heavy atom. The fraction of sp³-hybridized carbons (Fsp3) is 0.222. The average Bonchev–Trinajstić information content (AvgIpc) is 3.05. The summed E-state index contributed by atoms with van der Waals surface area (Å²) >= 11 is 0. The molecule has 1 heterocycles. The smallest absolute Gasteiger partial charge is 0.272 e. The molecule has 130 valence electrons. The van der Waals surface area contributed by atoms with Crippen LogP contribution in [0, 0.1) is 0 Å². The van der Waals surface area contributed by atoms with E-state index >= 15 is 0 Å². The van der Waals surface area contributed by atoms with E-state index in [1.165, 1.54) is 0 Å². The molecular weight excluding hydrogens is 326 g/mol. The summed E-state index contributed by atoms with van der Waals surface area (Å²) in [5.74, 6) is 1.23. The summed E-state index contributed by atoms with van der Waals surface area (Å²) in [6, 6.07) is 15.0. The van der Waals surface area contributed by atoms with Crippen LogP contribution in [0.5, 0.6) is 5.75 Å².